The second-order valence-corrected chi connectivity index (χ2v) is 8.44. The maximum atomic E-state index is 12.1. The first-order valence-corrected chi connectivity index (χ1v) is 10.5. The summed E-state index contributed by atoms with van der Waals surface area (Å²) in [6.07, 6.45) is 2.03. The van der Waals surface area contributed by atoms with Crippen molar-refractivity contribution in [3.8, 4) is 0 Å². The van der Waals surface area contributed by atoms with Gasteiger partial charge >= 0.3 is 5.97 Å². The Morgan fingerprint density at radius 3 is 2.22 bits per heavy atom. The molecule has 2 rings (SSSR count). The van der Waals surface area contributed by atoms with Crippen molar-refractivity contribution in [1.29, 1.82) is 0 Å². The molecule has 2 aromatic carbocycles. The summed E-state index contributed by atoms with van der Waals surface area (Å²) in [5, 5.41) is 2.83. The van der Waals surface area contributed by atoms with E-state index in [4.69, 9.17) is 0 Å². The molecule has 0 aromatic heterocycles. The van der Waals surface area contributed by atoms with Crippen LogP contribution in [0.2, 0.25) is 0 Å². The van der Waals surface area contributed by atoms with E-state index in [9.17, 15) is 18.0 Å². The molecule has 0 saturated carbocycles. The topological polar surface area (TPSA) is 89.5 Å². The lowest BCUT2D eigenvalue weighted by atomic mass is 10.1. The van der Waals surface area contributed by atoms with Gasteiger partial charge in [0.15, 0.2) is 9.84 Å². The molecule has 0 spiro atoms. The third-order valence-corrected chi connectivity index (χ3v) is 4.86. The number of hydrogen-bond donors (Lipinski definition) is 1. The van der Waals surface area contributed by atoms with E-state index in [0.29, 0.717) is 24.0 Å². The van der Waals surface area contributed by atoms with Gasteiger partial charge in [-0.1, -0.05) is 36.4 Å². The maximum absolute atomic E-state index is 12.1. The molecule has 1 N–H and O–H groups in total. The van der Waals surface area contributed by atoms with Crippen molar-refractivity contribution in [3.05, 3.63) is 70.8 Å². The first-order valence-electron chi connectivity index (χ1n) is 8.47. The van der Waals surface area contributed by atoms with E-state index in [1.165, 1.54) is 13.4 Å². The van der Waals surface area contributed by atoms with Gasteiger partial charge in [0.25, 0.3) is 0 Å². The summed E-state index contributed by atoms with van der Waals surface area (Å²) in [5.74, 6) is -0.570. The van der Waals surface area contributed by atoms with Crippen molar-refractivity contribution in [2.75, 3.05) is 13.4 Å². The van der Waals surface area contributed by atoms with E-state index in [2.05, 4.69) is 10.1 Å². The lowest BCUT2D eigenvalue weighted by Gasteiger charge is -2.10. The molecular weight excluding hydrogens is 366 g/mol. The largest absolute Gasteiger partial charge is 0.465 e. The summed E-state index contributed by atoms with van der Waals surface area (Å²) in [6.45, 7) is 0.284. The van der Waals surface area contributed by atoms with Gasteiger partial charge in [0.2, 0.25) is 5.91 Å². The molecule has 0 aliphatic carbocycles. The lowest BCUT2D eigenvalue weighted by molar-refractivity contribution is -0.121. The Bertz CT molecular complexity index is 904. The Labute approximate surface area is 159 Å². The zero-order chi connectivity index (χ0) is 19.9. The fourth-order valence-electron chi connectivity index (χ4n) is 2.62. The number of sulfone groups is 1. The molecule has 0 heterocycles. The number of methoxy groups -OCH3 is 1. The number of aryl methyl sites for hydroxylation is 1. The Hall–Kier alpha value is -2.67. The number of benzene rings is 2. The van der Waals surface area contributed by atoms with Crippen LogP contribution in [0, 0.1) is 0 Å². The van der Waals surface area contributed by atoms with Crippen molar-refractivity contribution in [2.24, 2.45) is 0 Å². The normalized spacial score (nSPS) is 11.0. The van der Waals surface area contributed by atoms with Gasteiger partial charge in [-0.15, -0.1) is 0 Å². The molecular formula is C20H23NO5S. The highest BCUT2D eigenvalue weighted by Crippen LogP contribution is 2.12. The number of nitrogens with one attached hydrogen (secondary N) is 1. The van der Waals surface area contributed by atoms with E-state index < -0.39 is 15.8 Å². The molecule has 2 aromatic rings. The van der Waals surface area contributed by atoms with Crippen LogP contribution in [-0.4, -0.2) is 33.7 Å². The third-order valence-electron chi connectivity index (χ3n) is 4.03. The second-order valence-electron chi connectivity index (χ2n) is 6.30. The van der Waals surface area contributed by atoms with Gasteiger partial charge < -0.3 is 10.1 Å². The molecule has 6 nitrogen and oxygen atoms in total. The first-order chi connectivity index (χ1) is 12.8. The van der Waals surface area contributed by atoms with Crippen LogP contribution in [0.4, 0.5) is 0 Å². The molecule has 0 aliphatic rings. The Morgan fingerprint density at radius 2 is 1.63 bits per heavy atom. The third kappa shape index (κ3) is 6.86. The molecule has 0 saturated heterocycles. The molecule has 27 heavy (non-hydrogen) atoms. The minimum atomic E-state index is -3.14. The van der Waals surface area contributed by atoms with Crippen molar-refractivity contribution >= 4 is 21.7 Å². The maximum Gasteiger partial charge on any atom is 0.337 e. The van der Waals surface area contributed by atoms with Crippen LogP contribution < -0.4 is 5.32 Å². The first kappa shape index (κ1) is 20.6. The van der Waals surface area contributed by atoms with Crippen molar-refractivity contribution in [3.63, 3.8) is 0 Å². The van der Waals surface area contributed by atoms with Crippen LogP contribution in [-0.2, 0) is 38.1 Å². The Morgan fingerprint density at radius 1 is 1.00 bits per heavy atom. The summed E-state index contributed by atoms with van der Waals surface area (Å²) >= 11 is 0. The minimum absolute atomic E-state index is 0.0500. The van der Waals surface area contributed by atoms with Crippen LogP contribution in [0.1, 0.15) is 33.5 Å². The van der Waals surface area contributed by atoms with E-state index in [0.717, 1.165) is 11.1 Å². The number of carbonyl (C=O) groups excluding carboxylic acids is 2. The van der Waals surface area contributed by atoms with Gasteiger partial charge in [0, 0.05) is 19.2 Å². The predicted octanol–water partition coefficient (Wildman–Crippen LogP) is 2.27. The minimum Gasteiger partial charge on any atom is -0.465 e. The van der Waals surface area contributed by atoms with Crippen LogP contribution in [0.5, 0.6) is 0 Å². The second kappa shape index (κ2) is 9.32. The fourth-order valence-corrected chi connectivity index (χ4v) is 3.47. The Balaban J connectivity index is 1.87. The van der Waals surface area contributed by atoms with Crippen molar-refractivity contribution in [2.45, 2.75) is 25.1 Å². The molecule has 0 bridgehead atoms. The highest BCUT2D eigenvalue weighted by molar-refractivity contribution is 7.89. The molecule has 0 fully saturated rings. The Kier molecular flexibility index (Phi) is 7.12. The summed E-state index contributed by atoms with van der Waals surface area (Å²) in [4.78, 5) is 23.5. The molecule has 0 radical (unpaired) electrons. The van der Waals surface area contributed by atoms with E-state index >= 15 is 0 Å². The van der Waals surface area contributed by atoms with Crippen LogP contribution in [0.15, 0.2) is 48.5 Å². The van der Waals surface area contributed by atoms with Gasteiger partial charge in [0.1, 0.15) is 0 Å². The molecule has 7 heteroatoms. The lowest BCUT2D eigenvalue weighted by Crippen LogP contribution is -2.23. The van der Waals surface area contributed by atoms with Crippen molar-refractivity contribution in [1.82, 2.24) is 5.32 Å². The molecule has 144 valence electrons. The van der Waals surface area contributed by atoms with E-state index in [1.807, 2.05) is 12.1 Å². The van der Waals surface area contributed by atoms with Crippen LogP contribution in [0.25, 0.3) is 0 Å². The van der Waals surface area contributed by atoms with Gasteiger partial charge in [0.05, 0.1) is 18.4 Å². The van der Waals surface area contributed by atoms with Gasteiger partial charge in [-0.25, -0.2) is 13.2 Å². The number of amides is 1. The SMILES string of the molecule is COC(=O)c1ccc(CCC(=O)NCc2ccccc2CS(C)(=O)=O)cc1. The number of rotatable bonds is 8. The molecule has 0 atom stereocenters. The zero-order valence-electron chi connectivity index (χ0n) is 15.4. The average molecular weight is 389 g/mol. The van der Waals surface area contributed by atoms with E-state index in [1.54, 1.807) is 36.4 Å². The van der Waals surface area contributed by atoms with Crippen molar-refractivity contribution < 1.29 is 22.7 Å². The van der Waals surface area contributed by atoms with Gasteiger partial charge in [-0.2, -0.15) is 0 Å². The van der Waals surface area contributed by atoms with Crippen LogP contribution in [0.3, 0.4) is 0 Å². The summed E-state index contributed by atoms with van der Waals surface area (Å²) in [7, 11) is -1.81. The number of carbonyl (C=O) groups is 2. The van der Waals surface area contributed by atoms with Gasteiger partial charge in [-0.3, -0.25) is 4.79 Å². The standard InChI is InChI=1S/C20H23NO5S/c1-26-20(23)16-10-7-15(8-11-16)9-12-19(22)21-13-17-5-3-4-6-18(17)14-27(2,24)25/h3-8,10-11H,9,12-14H2,1-2H3,(H,21,22). The van der Waals surface area contributed by atoms with Crippen LogP contribution >= 0.6 is 0 Å². The van der Waals surface area contributed by atoms with Gasteiger partial charge in [-0.05, 0) is 35.2 Å². The highest BCUT2D eigenvalue weighted by Gasteiger charge is 2.10. The molecule has 0 unspecified atom stereocenters. The molecule has 0 aliphatic heterocycles. The summed E-state index contributed by atoms with van der Waals surface area (Å²) < 4.78 is 27.7. The predicted molar refractivity (Wildman–Crippen MR) is 103 cm³/mol. The average Bonchev–Trinajstić information content (AvgIpc) is 2.64. The fraction of sp³-hybridized carbons (Fsp3) is 0.300. The summed E-state index contributed by atoms with van der Waals surface area (Å²) in [5.41, 5.74) is 2.89. The highest BCUT2D eigenvalue weighted by atomic mass is 32.2. The number of ether oxygens (including phenoxy) is 1. The number of hydrogen-bond acceptors (Lipinski definition) is 5. The molecule has 1 amide bonds. The summed E-state index contributed by atoms with van der Waals surface area (Å²) in [6, 6.07) is 14.1. The zero-order valence-corrected chi connectivity index (χ0v) is 16.2. The quantitative estimate of drug-likeness (QED) is 0.700. The smallest absolute Gasteiger partial charge is 0.337 e. The van der Waals surface area contributed by atoms with E-state index in [-0.39, 0.29) is 18.2 Å². The monoisotopic (exact) mass is 389 g/mol. The number of esters is 1.